The summed E-state index contributed by atoms with van der Waals surface area (Å²) in [6.45, 7) is 0. The molecule has 1 aliphatic carbocycles. The van der Waals surface area contributed by atoms with Crippen molar-refractivity contribution in [1.29, 1.82) is 0 Å². The third-order valence-corrected chi connectivity index (χ3v) is 3.55. The molecule has 8 heteroatoms. The first-order valence-corrected chi connectivity index (χ1v) is 6.61. The van der Waals surface area contributed by atoms with E-state index in [-0.39, 0.29) is 0 Å². The van der Waals surface area contributed by atoms with Crippen molar-refractivity contribution in [3.05, 3.63) is 36.0 Å². The van der Waals surface area contributed by atoms with Crippen LogP contribution in [0.4, 0.5) is 0 Å². The first-order chi connectivity index (χ1) is 10.3. The van der Waals surface area contributed by atoms with Crippen LogP contribution in [0.25, 0.3) is 11.3 Å². The first kappa shape index (κ1) is 12.0. The lowest BCUT2D eigenvalue weighted by molar-refractivity contribution is 0.0600. The molecule has 106 valence electrons. The highest BCUT2D eigenvalue weighted by Crippen LogP contribution is 2.39. The van der Waals surface area contributed by atoms with E-state index in [9.17, 15) is 4.79 Å². The van der Waals surface area contributed by atoms with Crippen molar-refractivity contribution in [2.75, 3.05) is 7.11 Å². The normalized spacial score (nSPS) is 14.5. The van der Waals surface area contributed by atoms with Crippen LogP contribution in [0.2, 0.25) is 0 Å². The second kappa shape index (κ2) is 4.37. The smallest absolute Gasteiger partial charge is 0.339 e. The Labute approximate surface area is 119 Å². The third-order valence-electron chi connectivity index (χ3n) is 3.55. The van der Waals surface area contributed by atoms with E-state index in [1.54, 1.807) is 33.7 Å². The van der Waals surface area contributed by atoms with Crippen LogP contribution in [0.5, 0.6) is 0 Å². The van der Waals surface area contributed by atoms with Crippen LogP contribution >= 0.6 is 0 Å². The maximum absolute atomic E-state index is 11.8. The minimum absolute atomic E-state index is 0.386. The Bertz CT molecular complexity index is 832. The van der Waals surface area contributed by atoms with Crippen molar-refractivity contribution in [1.82, 2.24) is 29.6 Å². The minimum Gasteiger partial charge on any atom is -0.465 e. The molecule has 0 N–H and O–H groups in total. The number of fused-ring (bicyclic) bond motifs is 1. The molecule has 0 radical (unpaired) electrons. The number of hydrogen-bond donors (Lipinski definition) is 0. The lowest BCUT2D eigenvalue weighted by Gasteiger charge is -2.08. The molecule has 0 unspecified atom stereocenters. The Morgan fingerprint density at radius 3 is 3.05 bits per heavy atom. The number of imidazole rings is 1. The zero-order chi connectivity index (χ0) is 14.4. The summed E-state index contributed by atoms with van der Waals surface area (Å²) in [5, 5.41) is 11.9. The highest BCUT2D eigenvalue weighted by atomic mass is 16.5. The number of nitrogens with zero attached hydrogens (tertiary/aromatic N) is 6. The summed E-state index contributed by atoms with van der Waals surface area (Å²) in [5.41, 5.74) is 1.79. The second-order valence-electron chi connectivity index (χ2n) is 4.99. The molecular weight excluding hydrogens is 272 g/mol. The molecule has 0 bridgehead atoms. The largest absolute Gasteiger partial charge is 0.465 e. The second-order valence-corrected chi connectivity index (χ2v) is 4.99. The van der Waals surface area contributed by atoms with Gasteiger partial charge in [0, 0.05) is 24.5 Å². The van der Waals surface area contributed by atoms with E-state index in [0.717, 1.165) is 18.7 Å². The quantitative estimate of drug-likeness (QED) is 0.666. The van der Waals surface area contributed by atoms with Crippen LogP contribution in [0, 0.1) is 0 Å². The topological polar surface area (TPSA) is 87.2 Å². The maximum atomic E-state index is 11.8. The molecule has 0 amide bonds. The van der Waals surface area contributed by atoms with Gasteiger partial charge in [-0.15, -0.1) is 5.10 Å². The van der Waals surface area contributed by atoms with Gasteiger partial charge in [-0.25, -0.2) is 9.78 Å². The fraction of sp³-hybridized carbons (Fsp3) is 0.308. The first-order valence-electron chi connectivity index (χ1n) is 6.61. The van der Waals surface area contributed by atoms with Gasteiger partial charge in [0.15, 0.2) is 11.5 Å². The van der Waals surface area contributed by atoms with Gasteiger partial charge in [0.25, 0.3) is 0 Å². The van der Waals surface area contributed by atoms with Crippen molar-refractivity contribution in [3.63, 3.8) is 0 Å². The molecule has 0 spiro atoms. The van der Waals surface area contributed by atoms with E-state index < -0.39 is 5.97 Å². The predicted molar refractivity (Wildman–Crippen MR) is 71.2 cm³/mol. The van der Waals surface area contributed by atoms with Crippen molar-refractivity contribution in [3.8, 4) is 5.69 Å². The van der Waals surface area contributed by atoms with Crippen molar-refractivity contribution < 1.29 is 9.53 Å². The third kappa shape index (κ3) is 1.87. The molecular formula is C13H12N6O2. The highest BCUT2D eigenvalue weighted by molar-refractivity contribution is 5.90. The number of ether oxygens (including phenoxy) is 1. The Kier molecular flexibility index (Phi) is 2.50. The molecule has 0 aliphatic heterocycles. The van der Waals surface area contributed by atoms with Crippen molar-refractivity contribution in [2.24, 2.45) is 0 Å². The number of esters is 1. The molecule has 4 rings (SSSR count). The zero-order valence-electron chi connectivity index (χ0n) is 11.3. The van der Waals surface area contributed by atoms with Gasteiger partial charge in [-0.05, 0) is 29.3 Å². The lowest BCUT2D eigenvalue weighted by atomic mass is 10.2. The molecule has 0 aromatic carbocycles. The summed E-state index contributed by atoms with van der Waals surface area (Å²) >= 11 is 0. The summed E-state index contributed by atoms with van der Waals surface area (Å²) < 4.78 is 8.21. The Morgan fingerprint density at radius 1 is 1.43 bits per heavy atom. The number of carbonyl (C=O) groups is 1. The van der Waals surface area contributed by atoms with E-state index in [0.29, 0.717) is 22.8 Å². The zero-order valence-corrected chi connectivity index (χ0v) is 11.3. The molecule has 0 atom stereocenters. The van der Waals surface area contributed by atoms with Crippen LogP contribution in [0.1, 0.15) is 34.9 Å². The standard InChI is InChI=1S/C13H12N6O2/c1-21-13(20)9-6-10(12-14-4-5-18(12)7-9)19-11(8-2-3-8)15-16-17-19/h4-8H,2-3H2,1H3. The monoisotopic (exact) mass is 284 g/mol. The van der Waals surface area contributed by atoms with Gasteiger partial charge in [-0.2, -0.15) is 4.68 Å². The molecule has 21 heavy (non-hydrogen) atoms. The van der Waals surface area contributed by atoms with Gasteiger partial charge >= 0.3 is 5.97 Å². The van der Waals surface area contributed by atoms with Crippen LogP contribution in [0.3, 0.4) is 0 Å². The number of pyridine rings is 1. The number of methoxy groups -OCH3 is 1. The van der Waals surface area contributed by atoms with Gasteiger partial charge in [0.1, 0.15) is 5.69 Å². The molecule has 3 aromatic rings. The van der Waals surface area contributed by atoms with Crippen LogP contribution < -0.4 is 0 Å². The van der Waals surface area contributed by atoms with E-state index in [2.05, 4.69) is 20.5 Å². The van der Waals surface area contributed by atoms with Crippen LogP contribution in [-0.2, 0) is 4.74 Å². The van der Waals surface area contributed by atoms with E-state index in [4.69, 9.17) is 4.74 Å². The average Bonchev–Trinajstić information content (AvgIpc) is 3.04. The summed E-state index contributed by atoms with van der Waals surface area (Å²) in [5.74, 6) is 0.784. The maximum Gasteiger partial charge on any atom is 0.339 e. The van der Waals surface area contributed by atoms with Gasteiger partial charge in [0.05, 0.1) is 12.7 Å². The summed E-state index contributed by atoms with van der Waals surface area (Å²) in [4.78, 5) is 16.1. The molecule has 8 nitrogen and oxygen atoms in total. The number of carbonyl (C=O) groups excluding carboxylic acids is 1. The number of rotatable bonds is 3. The molecule has 1 aliphatic rings. The lowest BCUT2D eigenvalue weighted by Crippen LogP contribution is -2.09. The van der Waals surface area contributed by atoms with Crippen molar-refractivity contribution >= 4 is 11.6 Å². The van der Waals surface area contributed by atoms with E-state index in [1.165, 1.54) is 7.11 Å². The Hall–Kier alpha value is -2.77. The van der Waals surface area contributed by atoms with Gasteiger partial charge in [-0.3, -0.25) is 0 Å². The van der Waals surface area contributed by atoms with Gasteiger partial charge in [0.2, 0.25) is 0 Å². The molecule has 0 saturated heterocycles. The number of tetrazole rings is 1. The SMILES string of the molecule is COC(=O)c1cc(-n2nnnc2C2CC2)c2nccn2c1. The highest BCUT2D eigenvalue weighted by Gasteiger charge is 2.30. The summed E-state index contributed by atoms with van der Waals surface area (Å²) in [6.07, 6.45) is 7.29. The fourth-order valence-electron chi connectivity index (χ4n) is 2.36. The van der Waals surface area contributed by atoms with Crippen molar-refractivity contribution in [2.45, 2.75) is 18.8 Å². The van der Waals surface area contributed by atoms with E-state index in [1.807, 2.05) is 0 Å². The molecule has 1 saturated carbocycles. The number of hydrogen-bond acceptors (Lipinski definition) is 6. The average molecular weight is 284 g/mol. The van der Waals surface area contributed by atoms with Crippen LogP contribution in [0.15, 0.2) is 24.7 Å². The molecule has 3 aromatic heterocycles. The van der Waals surface area contributed by atoms with Gasteiger partial charge in [-0.1, -0.05) is 0 Å². The minimum atomic E-state index is -0.409. The molecule has 1 fully saturated rings. The van der Waals surface area contributed by atoms with E-state index >= 15 is 0 Å². The number of aromatic nitrogens is 6. The Balaban J connectivity index is 1.95. The molecule has 3 heterocycles. The summed E-state index contributed by atoms with van der Waals surface area (Å²) in [6, 6.07) is 1.70. The fourth-order valence-corrected chi connectivity index (χ4v) is 2.36. The van der Waals surface area contributed by atoms with Crippen LogP contribution in [-0.4, -0.2) is 42.7 Å². The van der Waals surface area contributed by atoms with Gasteiger partial charge < -0.3 is 9.14 Å². The Morgan fingerprint density at radius 2 is 2.29 bits per heavy atom. The summed E-state index contributed by atoms with van der Waals surface area (Å²) in [7, 11) is 1.35. The predicted octanol–water partition coefficient (Wildman–Crippen LogP) is 0.974.